The number of nitrogens with zero attached hydrogens (tertiary/aromatic N) is 1. The van der Waals surface area contributed by atoms with E-state index < -0.39 is 10.0 Å². The number of urea groups is 1. The molecular weight excluding hydrogens is 357 g/mol. The predicted octanol–water partition coefficient (Wildman–Crippen LogP) is 2.73. The van der Waals surface area contributed by atoms with E-state index in [9.17, 15) is 17.6 Å². The number of amides is 2. The fourth-order valence-electron chi connectivity index (χ4n) is 2.79. The minimum absolute atomic E-state index is 0.170. The molecule has 26 heavy (non-hydrogen) atoms. The summed E-state index contributed by atoms with van der Waals surface area (Å²) in [6, 6.07) is 12.5. The molecule has 1 fully saturated rings. The molecule has 3 rings (SSSR count). The molecule has 0 atom stereocenters. The Labute approximate surface area is 152 Å². The van der Waals surface area contributed by atoms with E-state index in [1.807, 2.05) is 0 Å². The minimum Gasteiger partial charge on any atom is -0.338 e. The maximum absolute atomic E-state index is 12.8. The van der Waals surface area contributed by atoms with Crippen LogP contribution in [0.25, 0.3) is 0 Å². The molecule has 1 heterocycles. The monoisotopic (exact) mass is 377 g/mol. The Morgan fingerprint density at radius 3 is 2.38 bits per heavy atom. The zero-order chi connectivity index (χ0) is 18.6. The maximum atomic E-state index is 12.8. The van der Waals surface area contributed by atoms with Gasteiger partial charge < -0.3 is 10.6 Å². The summed E-state index contributed by atoms with van der Waals surface area (Å²) in [4.78, 5) is 11.9. The van der Waals surface area contributed by atoms with E-state index in [2.05, 4.69) is 10.6 Å². The lowest BCUT2D eigenvalue weighted by atomic mass is 10.1. The molecule has 1 aliphatic rings. The average molecular weight is 377 g/mol. The second-order valence-corrected chi connectivity index (χ2v) is 8.06. The van der Waals surface area contributed by atoms with E-state index in [4.69, 9.17) is 0 Å². The van der Waals surface area contributed by atoms with Crippen molar-refractivity contribution < 1.29 is 17.6 Å². The van der Waals surface area contributed by atoms with Crippen LogP contribution in [0.1, 0.15) is 12.0 Å². The Kier molecular flexibility index (Phi) is 5.41. The third-order valence-corrected chi connectivity index (χ3v) is 5.99. The van der Waals surface area contributed by atoms with Gasteiger partial charge in [0.15, 0.2) is 0 Å². The van der Waals surface area contributed by atoms with Crippen molar-refractivity contribution in [2.24, 2.45) is 0 Å². The third-order valence-electron chi connectivity index (χ3n) is 4.12. The highest BCUT2D eigenvalue weighted by Gasteiger charge is 2.28. The van der Waals surface area contributed by atoms with Gasteiger partial charge in [0.25, 0.3) is 0 Å². The van der Waals surface area contributed by atoms with Crippen LogP contribution in [0.3, 0.4) is 0 Å². The minimum atomic E-state index is -3.21. The fourth-order valence-corrected chi connectivity index (χ4v) is 4.35. The number of rotatable bonds is 5. The molecule has 0 unspecified atom stereocenters. The van der Waals surface area contributed by atoms with Gasteiger partial charge in [-0.15, -0.1) is 0 Å². The van der Waals surface area contributed by atoms with E-state index in [-0.39, 0.29) is 17.6 Å². The highest BCUT2D eigenvalue weighted by atomic mass is 32.2. The van der Waals surface area contributed by atoms with Crippen molar-refractivity contribution in [3.8, 4) is 0 Å². The summed E-state index contributed by atoms with van der Waals surface area (Å²) in [5, 5.41) is 5.42. The SMILES string of the molecule is O=C(NCCc1ccc(F)cc1)Nc1ccc(N2CCCS2(=O)=O)cc1. The molecule has 1 aliphatic heterocycles. The van der Waals surface area contributed by atoms with Crippen LogP contribution >= 0.6 is 0 Å². The number of carbonyl (C=O) groups excluding carboxylic acids is 1. The second-order valence-electron chi connectivity index (χ2n) is 6.05. The molecular formula is C18H20FN3O3S. The topological polar surface area (TPSA) is 78.5 Å². The van der Waals surface area contributed by atoms with Gasteiger partial charge in [-0.2, -0.15) is 0 Å². The largest absolute Gasteiger partial charge is 0.338 e. The Hall–Kier alpha value is -2.61. The fraction of sp³-hybridized carbons (Fsp3) is 0.278. The van der Waals surface area contributed by atoms with Crippen LogP contribution in [0.2, 0.25) is 0 Å². The summed E-state index contributed by atoms with van der Waals surface area (Å²) >= 11 is 0. The third kappa shape index (κ3) is 4.51. The number of carbonyl (C=O) groups is 1. The molecule has 0 aromatic heterocycles. The van der Waals surface area contributed by atoms with E-state index in [1.165, 1.54) is 16.4 Å². The van der Waals surface area contributed by atoms with Gasteiger partial charge >= 0.3 is 6.03 Å². The van der Waals surface area contributed by atoms with E-state index >= 15 is 0 Å². The number of anilines is 2. The quantitative estimate of drug-likeness (QED) is 0.841. The van der Waals surface area contributed by atoms with Gasteiger partial charge in [0.05, 0.1) is 11.4 Å². The number of hydrogen-bond donors (Lipinski definition) is 2. The highest BCUT2D eigenvalue weighted by Crippen LogP contribution is 2.25. The van der Waals surface area contributed by atoms with Crippen molar-refractivity contribution in [1.82, 2.24) is 5.32 Å². The van der Waals surface area contributed by atoms with Crippen LogP contribution in [-0.2, 0) is 16.4 Å². The molecule has 2 aromatic carbocycles. The Morgan fingerprint density at radius 1 is 1.08 bits per heavy atom. The first-order valence-electron chi connectivity index (χ1n) is 8.34. The summed E-state index contributed by atoms with van der Waals surface area (Å²) in [7, 11) is -3.21. The van der Waals surface area contributed by atoms with Crippen LogP contribution in [0.15, 0.2) is 48.5 Å². The van der Waals surface area contributed by atoms with Gasteiger partial charge in [0.2, 0.25) is 10.0 Å². The Bertz CT molecular complexity index is 868. The van der Waals surface area contributed by atoms with Crippen LogP contribution in [-0.4, -0.2) is 33.3 Å². The molecule has 2 aromatic rings. The van der Waals surface area contributed by atoms with E-state index in [0.29, 0.717) is 37.3 Å². The summed E-state index contributed by atoms with van der Waals surface area (Å²) in [5.41, 5.74) is 2.11. The molecule has 0 spiro atoms. The van der Waals surface area contributed by atoms with Crippen molar-refractivity contribution in [1.29, 1.82) is 0 Å². The van der Waals surface area contributed by atoms with Crippen molar-refractivity contribution in [3.63, 3.8) is 0 Å². The average Bonchev–Trinajstić information content (AvgIpc) is 2.97. The number of nitrogens with one attached hydrogen (secondary N) is 2. The Balaban J connectivity index is 1.49. The number of benzene rings is 2. The lowest BCUT2D eigenvalue weighted by molar-refractivity contribution is 0.252. The van der Waals surface area contributed by atoms with Crippen molar-refractivity contribution in [2.75, 3.05) is 28.5 Å². The Morgan fingerprint density at radius 2 is 1.77 bits per heavy atom. The first-order chi connectivity index (χ1) is 12.4. The number of halogens is 1. The van der Waals surface area contributed by atoms with Gasteiger partial charge in [-0.3, -0.25) is 4.31 Å². The molecule has 0 aliphatic carbocycles. The molecule has 0 saturated carbocycles. The maximum Gasteiger partial charge on any atom is 0.319 e. The molecule has 2 amide bonds. The van der Waals surface area contributed by atoms with Crippen LogP contribution in [0.4, 0.5) is 20.6 Å². The smallest absolute Gasteiger partial charge is 0.319 e. The van der Waals surface area contributed by atoms with Gasteiger partial charge in [-0.1, -0.05) is 12.1 Å². The number of hydrogen-bond acceptors (Lipinski definition) is 3. The molecule has 138 valence electrons. The standard InChI is InChI=1S/C18H20FN3O3S/c19-15-4-2-14(3-5-15)10-11-20-18(23)21-16-6-8-17(9-7-16)22-12-1-13-26(22,24)25/h2-9H,1,10-13H2,(H2,20,21,23). The van der Waals surface area contributed by atoms with Crippen molar-refractivity contribution >= 4 is 27.4 Å². The zero-order valence-electron chi connectivity index (χ0n) is 14.1. The normalized spacial score (nSPS) is 15.7. The summed E-state index contributed by atoms with van der Waals surface area (Å²) < 4.78 is 38.0. The van der Waals surface area contributed by atoms with Gasteiger partial charge in [-0.05, 0) is 54.8 Å². The predicted molar refractivity (Wildman–Crippen MR) is 99.3 cm³/mol. The number of sulfonamides is 1. The van der Waals surface area contributed by atoms with Gasteiger partial charge in [0, 0.05) is 18.8 Å². The lowest BCUT2D eigenvalue weighted by Gasteiger charge is -2.17. The first kappa shape index (κ1) is 18.2. The molecule has 8 heteroatoms. The molecule has 6 nitrogen and oxygen atoms in total. The highest BCUT2D eigenvalue weighted by molar-refractivity contribution is 7.93. The molecule has 0 radical (unpaired) electrons. The van der Waals surface area contributed by atoms with Crippen LogP contribution in [0.5, 0.6) is 0 Å². The summed E-state index contributed by atoms with van der Waals surface area (Å²) in [6.45, 7) is 0.903. The van der Waals surface area contributed by atoms with E-state index in [0.717, 1.165) is 5.56 Å². The molecule has 0 bridgehead atoms. The van der Waals surface area contributed by atoms with Crippen LogP contribution in [0, 0.1) is 5.82 Å². The second kappa shape index (κ2) is 7.74. The van der Waals surface area contributed by atoms with Gasteiger partial charge in [-0.25, -0.2) is 17.6 Å². The first-order valence-corrected chi connectivity index (χ1v) is 9.95. The van der Waals surface area contributed by atoms with E-state index in [1.54, 1.807) is 36.4 Å². The van der Waals surface area contributed by atoms with Crippen molar-refractivity contribution in [2.45, 2.75) is 12.8 Å². The van der Waals surface area contributed by atoms with Crippen molar-refractivity contribution in [3.05, 3.63) is 59.9 Å². The van der Waals surface area contributed by atoms with Crippen LogP contribution < -0.4 is 14.9 Å². The molecule has 2 N–H and O–H groups in total. The molecule has 1 saturated heterocycles. The van der Waals surface area contributed by atoms with Gasteiger partial charge in [0.1, 0.15) is 5.82 Å². The summed E-state index contributed by atoms with van der Waals surface area (Å²) in [5.74, 6) is -0.117. The zero-order valence-corrected chi connectivity index (χ0v) is 14.9. The summed E-state index contributed by atoms with van der Waals surface area (Å²) in [6.07, 6.45) is 1.22. The lowest BCUT2D eigenvalue weighted by Crippen LogP contribution is -2.30.